The number of nitrogens with zero attached hydrogens (tertiary/aromatic N) is 4. The van der Waals surface area contributed by atoms with E-state index in [1.54, 1.807) is 37.5 Å². The van der Waals surface area contributed by atoms with Gasteiger partial charge < -0.3 is 20.3 Å². The molecule has 3 heterocycles. The first kappa shape index (κ1) is 28.2. The number of nitrogens with one attached hydrogen (secondary N) is 2. The van der Waals surface area contributed by atoms with Crippen molar-refractivity contribution in [3.05, 3.63) is 42.1 Å². The van der Waals surface area contributed by atoms with Crippen LogP contribution in [0.5, 0.6) is 0 Å². The third-order valence-electron chi connectivity index (χ3n) is 6.42. The van der Waals surface area contributed by atoms with Crippen molar-refractivity contribution < 1.29 is 27.5 Å². The van der Waals surface area contributed by atoms with Gasteiger partial charge in [0.15, 0.2) is 5.65 Å². The SMILES string of the molecule is CCCCOC(=O)NC1CCN(c2ccc3nc(-c4ccc(C(F)(F)F)c(NC(=O)C(C)(C)C)c4)cn3n2)C1. The van der Waals surface area contributed by atoms with Crippen molar-refractivity contribution in [1.29, 1.82) is 0 Å². The molecule has 0 radical (unpaired) electrons. The molecule has 1 aliphatic rings. The molecule has 210 valence electrons. The topological polar surface area (TPSA) is 101 Å². The Morgan fingerprint density at radius 1 is 1.15 bits per heavy atom. The van der Waals surface area contributed by atoms with Crippen molar-refractivity contribution in [1.82, 2.24) is 19.9 Å². The molecule has 0 aliphatic carbocycles. The summed E-state index contributed by atoms with van der Waals surface area (Å²) < 4.78 is 47.7. The maximum Gasteiger partial charge on any atom is 0.418 e. The van der Waals surface area contributed by atoms with Crippen LogP contribution in [-0.4, -0.2) is 52.3 Å². The van der Waals surface area contributed by atoms with Gasteiger partial charge in [0.05, 0.1) is 35.8 Å². The van der Waals surface area contributed by atoms with Gasteiger partial charge >= 0.3 is 12.3 Å². The average molecular weight is 547 g/mol. The number of alkyl halides is 3. The quantitative estimate of drug-likeness (QED) is 0.380. The molecule has 1 aliphatic heterocycles. The number of carbonyl (C=O) groups is 2. The minimum absolute atomic E-state index is 0.0659. The molecule has 3 aromatic rings. The summed E-state index contributed by atoms with van der Waals surface area (Å²) >= 11 is 0. The number of hydrogen-bond acceptors (Lipinski definition) is 6. The van der Waals surface area contributed by atoms with E-state index < -0.39 is 29.2 Å². The number of anilines is 2. The lowest BCUT2D eigenvalue weighted by atomic mass is 9.95. The largest absolute Gasteiger partial charge is 0.450 e. The number of rotatable bonds is 7. The van der Waals surface area contributed by atoms with Crippen LogP contribution < -0.4 is 15.5 Å². The van der Waals surface area contributed by atoms with Gasteiger partial charge in [0, 0.05) is 24.1 Å². The molecule has 1 unspecified atom stereocenters. The van der Waals surface area contributed by atoms with Crippen LogP contribution in [0, 0.1) is 5.41 Å². The van der Waals surface area contributed by atoms with Crippen LogP contribution in [0.1, 0.15) is 52.5 Å². The number of amides is 2. The summed E-state index contributed by atoms with van der Waals surface area (Å²) in [6.07, 6.45) is -0.918. The van der Waals surface area contributed by atoms with Crippen LogP contribution in [0.25, 0.3) is 16.9 Å². The van der Waals surface area contributed by atoms with Crippen molar-refractivity contribution in [2.24, 2.45) is 5.41 Å². The molecule has 2 amide bonds. The van der Waals surface area contributed by atoms with Crippen molar-refractivity contribution >= 4 is 29.2 Å². The summed E-state index contributed by atoms with van der Waals surface area (Å²) in [6, 6.07) is 7.08. The van der Waals surface area contributed by atoms with Crippen molar-refractivity contribution in [3.8, 4) is 11.3 Å². The number of unbranched alkanes of at least 4 members (excludes halogenated alkanes) is 1. The standard InChI is InChI=1S/C27H33F3N6O3/c1-5-6-13-39-25(38)31-18-11-12-35(15-18)23-10-9-22-32-21(16-36(22)34-23)17-7-8-19(27(28,29)30)20(14-17)33-24(37)26(2,3)4/h7-10,14,16,18H,5-6,11-13,15H2,1-4H3,(H,31,38)(H,33,37). The maximum atomic E-state index is 13.6. The second-order valence-corrected chi connectivity index (χ2v) is 10.6. The number of fused-ring (bicyclic) bond motifs is 1. The van der Waals surface area contributed by atoms with Gasteiger partial charge in [-0.2, -0.15) is 13.2 Å². The fraction of sp³-hybridized carbons (Fsp3) is 0.481. The molecule has 0 bridgehead atoms. The Bertz CT molecular complexity index is 1350. The van der Waals surface area contributed by atoms with E-state index >= 15 is 0 Å². The molecule has 2 aromatic heterocycles. The first-order valence-corrected chi connectivity index (χ1v) is 12.9. The third kappa shape index (κ3) is 6.79. The highest BCUT2D eigenvalue weighted by molar-refractivity contribution is 5.96. The van der Waals surface area contributed by atoms with Crippen LogP contribution >= 0.6 is 0 Å². The molecule has 12 heteroatoms. The highest BCUT2D eigenvalue weighted by atomic mass is 19.4. The molecule has 1 saturated heterocycles. The second-order valence-electron chi connectivity index (χ2n) is 10.6. The number of aromatic nitrogens is 3. The predicted molar refractivity (Wildman–Crippen MR) is 142 cm³/mol. The second kappa shape index (κ2) is 11.1. The lowest BCUT2D eigenvalue weighted by molar-refractivity contribution is -0.137. The zero-order valence-corrected chi connectivity index (χ0v) is 22.4. The van der Waals surface area contributed by atoms with Gasteiger partial charge in [0.2, 0.25) is 5.91 Å². The monoisotopic (exact) mass is 546 g/mol. The van der Waals surface area contributed by atoms with Gasteiger partial charge in [-0.3, -0.25) is 4.79 Å². The lowest BCUT2D eigenvalue weighted by Crippen LogP contribution is -2.37. The van der Waals surface area contributed by atoms with Gasteiger partial charge in [-0.15, -0.1) is 5.10 Å². The highest BCUT2D eigenvalue weighted by Crippen LogP contribution is 2.38. The number of halogens is 3. The molecule has 1 aromatic carbocycles. The van der Waals surface area contributed by atoms with Gasteiger partial charge in [-0.25, -0.2) is 14.3 Å². The number of benzene rings is 1. The number of carbonyl (C=O) groups excluding carboxylic acids is 2. The van der Waals surface area contributed by atoms with E-state index in [1.165, 1.54) is 12.1 Å². The Morgan fingerprint density at radius 3 is 2.62 bits per heavy atom. The predicted octanol–water partition coefficient (Wildman–Crippen LogP) is 5.50. The molecule has 39 heavy (non-hydrogen) atoms. The van der Waals surface area contributed by atoms with Gasteiger partial charge in [0.25, 0.3) is 0 Å². The van der Waals surface area contributed by atoms with E-state index in [-0.39, 0.29) is 11.7 Å². The van der Waals surface area contributed by atoms with Gasteiger partial charge in [-0.1, -0.05) is 40.2 Å². The van der Waals surface area contributed by atoms with E-state index in [1.807, 2.05) is 17.9 Å². The molecule has 2 N–H and O–H groups in total. The lowest BCUT2D eigenvalue weighted by Gasteiger charge is -2.20. The molecule has 0 saturated carbocycles. The Kier molecular flexibility index (Phi) is 8.03. The smallest absolute Gasteiger partial charge is 0.418 e. The Morgan fingerprint density at radius 2 is 1.92 bits per heavy atom. The molecule has 9 nitrogen and oxygen atoms in total. The first-order valence-electron chi connectivity index (χ1n) is 12.9. The summed E-state index contributed by atoms with van der Waals surface area (Å²) in [7, 11) is 0. The normalized spacial score (nSPS) is 16.0. The van der Waals surface area contributed by atoms with Crippen molar-refractivity contribution in [2.75, 3.05) is 29.9 Å². The molecule has 1 atom stereocenters. The fourth-order valence-electron chi connectivity index (χ4n) is 4.15. The van der Waals surface area contributed by atoms with Crippen molar-refractivity contribution in [2.45, 2.75) is 59.2 Å². The zero-order valence-electron chi connectivity index (χ0n) is 22.4. The maximum absolute atomic E-state index is 13.6. The van der Waals surface area contributed by atoms with E-state index in [0.29, 0.717) is 42.4 Å². The number of imidazole rings is 1. The summed E-state index contributed by atoms with van der Waals surface area (Å²) in [5.41, 5.74) is -0.792. The number of ether oxygens (including phenoxy) is 1. The Balaban J connectivity index is 1.53. The molecular weight excluding hydrogens is 513 g/mol. The Labute approximate surface area is 224 Å². The third-order valence-corrected chi connectivity index (χ3v) is 6.42. The van der Waals surface area contributed by atoms with Crippen LogP contribution in [0.2, 0.25) is 0 Å². The first-order chi connectivity index (χ1) is 18.3. The minimum atomic E-state index is -4.64. The number of alkyl carbamates (subject to hydrolysis) is 1. The molecule has 4 rings (SSSR count). The molecule has 0 spiro atoms. The van der Waals surface area contributed by atoms with Crippen LogP contribution in [0.3, 0.4) is 0 Å². The van der Waals surface area contributed by atoms with E-state index in [2.05, 4.69) is 20.7 Å². The van der Waals surface area contributed by atoms with Crippen LogP contribution in [0.4, 0.5) is 29.5 Å². The fourth-order valence-corrected chi connectivity index (χ4v) is 4.15. The van der Waals surface area contributed by atoms with Crippen LogP contribution in [-0.2, 0) is 15.7 Å². The number of hydrogen-bond donors (Lipinski definition) is 2. The summed E-state index contributed by atoms with van der Waals surface area (Å²) in [5, 5.41) is 9.93. The van der Waals surface area contributed by atoms with Gasteiger partial charge in [0.1, 0.15) is 5.82 Å². The summed E-state index contributed by atoms with van der Waals surface area (Å²) in [4.78, 5) is 31.0. The van der Waals surface area contributed by atoms with Crippen LogP contribution in [0.15, 0.2) is 36.5 Å². The molecule has 1 fully saturated rings. The zero-order chi connectivity index (χ0) is 28.4. The van der Waals surface area contributed by atoms with Gasteiger partial charge in [-0.05, 0) is 37.1 Å². The highest BCUT2D eigenvalue weighted by Gasteiger charge is 2.35. The van der Waals surface area contributed by atoms with E-state index in [4.69, 9.17) is 4.74 Å². The molecular formula is C27H33F3N6O3. The minimum Gasteiger partial charge on any atom is -0.450 e. The average Bonchev–Trinajstić information content (AvgIpc) is 3.49. The van der Waals surface area contributed by atoms with Crippen molar-refractivity contribution in [3.63, 3.8) is 0 Å². The van der Waals surface area contributed by atoms with E-state index in [9.17, 15) is 22.8 Å². The summed E-state index contributed by atoms with van der Waals surface area (Å²) in [6.45, 7) is 8.56. The van der Waals surface area contributed by atoms with E-state index in [0.717, 1.165) is 25.3 Å². The summed E-state index contributed by atoms with van der Waals surface area (Å²) in [5.74, 6) is 0.153. The Hall–Kier alpha value is -3.83.